The number of aromatic nitrogens is 4. The third kappa shape index (κ3) is 1.68. The van der Waals surface area contributed by atoms with Crippen molar-refractivity contribution in [2.75, 3.05) is 5.73 Å². The molecule has 0 aliphatic heterocycles. The fourth-order valence-corrected chi connectivity index (χ4v) is 1.58. The molecule has 0 fully saturated rings. The Hall–Kier alpha value is -2.15. The van der Waals surface area contributed by atoms with E-state index < -0.39 is 0 Å². The standard InChI is InChI=1S/C9H9N5OS/c1-2-13-3-4-14(9(13)16)6-5-7(15)12-8(10)11-6/h2-5H,1H2,(H3,10,11,12,15). The molecule has 0 spiro atoms. The van der Waals surface area contributed by atoms with Gasteiger partial charge in [-0.15, -0.1) is 0 Å². The third-order valence-electron chi connectivity index (χ3n) is 1.99. The molecular weight excluding hydrogens is 226 g/mol. The lowest BCUT2D eigenvalue weighted by molar-refractivity contribution is 0.931. The predicted molar refractivity (Wildman–Crippen MR) is 63.8 cm³/mol. The molecule has 2 rings (SSSR count). The van der Waals surface area contributed by atoms with Gasteiger partial charge in [0.15, 0.2) is 4.77 Å². The fourth-order valence-electron chi connectivity index (χ4n) is 1.29. The van der Waals surface area contributed by atoms with Crippen LogP contribution in [0.2, 0.25) is 0 Å². The van der Waals surface area contributed by atoms with E-state index in [-0.39, 0.29) is 11.5 Å². The number of nitrogen functional groups attached to an aromatic ring is 1. The molecule has 3 N–H and O–H groups in total. The van der Waals surface area contributed by atoms with Crippen LogP contribution in [0.3, 0.4) is 0 Å². The zero-order valence-corrected chi connectivity index (χ0v) is 9.07. The SMILES string of the molecule is C=Cn1ccn(-c2cc(=O)[nH]c(N)n2)c1=S. The summed E-state index contributed by atoms with van der Waals surface area (Å²) in [6.07, 6.45) is 4.97. The quantitative estimate of drug-likeness (QED) is 0.753. The van der Waals surface area contributed by atoms with E-state index in [1.54, 1.807) is 27.7 Å². The molecule has 0 saturated carbocycles. The van der Waals surface area contributed by atoms with Gasteiger partial charge in [-0.2, -0.15) is 4.98 Å². The van der Waals surface area contributed by atoms with E-state index >= 15 is 0 Å². The Morgan fingerprint density at radius 1 is 1.56 bits per heavy atom. The molecule has 0 aliphatic rings. The monoisotopic (exact) mass is 235 g/mol. The summed E-state index contributed by atoms with van der Waals surface area (Å²) in [4.78, 5) is 17.6. The average Bonchev–Trinajstić information content (AvgIpc) is 2.58. The summed E-state index contributed by atoms with van der Waals surface area (Å²) in [6.45, 7) is 3.60. The van der Waals surface area contributed by atoms with Gasteiger partial charge in [0, 0.05) is 24.7 Å². The van der Waals surface area contributed by atoms with Gasteiger partial charge >= 0.3 is 0 Å². The Balaban J connectivity index is 2.67. The normalized spacial score (nSPS) is 10.2. The smallest absolute Gasteiger partial charge is 0.254 e. The highest BCUT2D eigenvalue weighted by Gasteiger charge is 2.03. The van der Waals surface area contributed by atoms with Gasteiger partial charge in [-0.05, 0) is 12.2 Å². The van der Waals surface area contributed by atoms with E-state index in [0.717, 1.165) is 0 Å². The Morgan fingerprint density at radius 2 is 2.31 bits per heavy atom. The minimum atomic E-state index is -0.323. The summed E-state index contributed by atoms with van der Waals surface area (Å²) in [6, 6.07) is 1.32. The highest BCUT2D eigenvalue weighted by Crippen LogP contribution is 2.06. The summed E-state index contributed by atoms with van der Waals surface area (Å²) in [5, 5.41) is 0. The van der Waals surface area contributed by atoms with Crippen LogP contribution in [0.25, 0.3) is 12.0 Å². The molecule has 6 nitrogen and oxygen atoms in total. The van der Waals surface area contributed by atoms with Gasteiger partial charge in [-0.1, -0.05) is 6.58 Å². The van der Waals surface area contributed by atoms with Crippen LogP contribution < -0.4 is 11.3 Å². The Labute approximate surface area is 95.7 Å². The number of anilines is 1. The molecule has 0 radical (unpaired) electrons. The third-order valence-corrected chi connectivity index (χ3v) is 2.40. The van der Waals surface area contributed by atoms with Gasteiger partial charge < -0.3 is 5.73 Å². The maximum atomic E-state index is 11.2. The molecule has 0 aliphatic carbocycles. The minimum Gasteiger partial charge on any atom is -0.369 e. The molecule has 0 saturated heterocycles. The summed E-state index contributed by atoms with van der Waals surface area (Å²) < 4.78 is 3.67. The van der Waals surface area contributed by atoms with Crippen LogP contribution in [-0.4, -0.2) is 19.1 Å². The van der Waals surface area contributed by atoms with Crippen LogP contribution in [0, 0.1) is 4.77 Å². The molecule has 2 aromatic rings. The number of hydrogen-bond acceptors (Lipinski definition) is 4. The van der Waals surface area contributed by atoms with Crippen molar-refractivity contribution >= 4 is 24.4 Å². The maximum absolute atomic E-state index is 11.2. The Morgan fingerprint density at radius 3 is 2.88 bits per heavy atom. The van der Waals surface area contributed by atoms with Crippen molar-refractivity contribution < 1.29 is 0 Å². The molecule has 0 unspecified atom stereocenters. The number of imidazole rings is 1. The van der Waals surface area contributed by atoms with Crippen LogP contribution in [0.4, 0.5) is 5.95 Å². The molecule has 2 aromatic heterocycles. The topological polar surface area (TPSA) is 81.6 Å². The second-order valence-corrected chi connectivity index (χ2v) is 3.39. The molecule has 0 bridgehead atoms. The van der Waals surface area contributed by atoms with E-state index in [9.17, 15) is 4.79 Å². The van der Waals surface area contributed by atoms with Crippen molar-refractivity contribution in [1.82, 2.24) is 19.1 Å². The van der Waals surface area contributed by atoms with Crippen molar-refractivity contribution in [3.8, 4) is 5.82 Å². The van der Waals surface area contributed by atoms with Crippen LogP contribution in [0.5, 0.6) is 0 Å². The number of rotatable bonds is 2. The van der Waals surface area contributed by atoms with Crippen LogP contribution >= 0.6 is 12.2 Å². The number of hydrogen-bond donors (Lipinski definition) is 2. The van der Waals surface area contributed by atoms with Gasteiger partial charge in [0.25, 0.3) is 5.56 Å². The van der Waals surface area contributed by atoms with Crippen molar-refractivity contribution in [1.29, 1.82) is 0 Å². The van der Waals surface area contributed by atoms with Crippen LogP contribution in [-0.2, 0) is 0 Å². The van der Waals surface area contributed by atoms with E-state index in [2.05, 4.69) is 16.5 Å². The first kappa shape index (κ1) is 10.4. The van der Waals surface area contributed by atoms with E-state index in [0.29, 0.717) is 10.6 Å². The second kappa shape index (κ2) is 3.78. The van der Waals surface area contributed by atoms with E-state index in [1.165, 1.54) is 6.07 Å². The Kier molecular flexibility index (Phi) is 2.45. The number of aromatic amines is 1. The number of nitrogens with two attached hydrogens (primary N) is 1. The predicted octanol–water partition coefficient (Wildman–Crippen LogP) is 0.774. The highest BCUT2D eigenvalue weighted by molar-refractivity contribution is 7.71. The lowest BCUT2D eigenvalue weighted by Gasteiger charge is -2.01. The number of H-pyrrole nitrogens is 1. The summed E-state index contributed by atoms with van der Waals surface area (Å²) in [5.41, 5.74) is 5.12. The second-order valence-electron chi connectivity index (χ2n) is 3.03. The molecule has 7 heteroatoms. The maximum Gasteiger partial charge on any atom is 0.254 e. The molecule has 82 valence electrons. The largest absolute Gasteiger partial charge is 0.369 e. The summed E-state index contributed by atoms with van der Waals surface area (Å²) in [7, 11) is 0. The fraction of sp³-hybridized carbons (Fsp3) is 0. The number of nitrogens with one attached hydrogen (secondary N) is 1. The first-order chi connectivity index (χ1) is 7.61. The Bertz CT molecular complexity index is 650. The van der Waals surface area contributed by atoms with Gasteiger partial charge in [-0.3, -0.25) is 18.9 Å². The first-order valence-electron chi connectivity index (χ1n) is 4.41. The molecular formula is C9H9N5OS. The van der Waals surface area contributed by atoms with E-state index in [4.69, 9.17) is 18.0 Å². The molecule has 0 aromatic carbocycles. The van der Waals surface area contributed by atoms with Gasteiger partial charge in [0.05, 0.1) is 0 Å². The summed E-state index contributed by atoms with van der Waals surface area (Å²) in [5.74, 6) is 0.433. The van der Waals surface area contributed by atoms with Crippen LogP contribution in [0.15, 0.2) is 29.8 Å². The number of nitrogens with zero attached hydrogens (tertiary/aromatic N) is 3. The van der Waals surface area contributed by atoms with Crippen molar-refractivity contribution in [2.45, 2.75) is 0 Å². The van der Waals surface area contributed by atoms with Crippen molar-refractivity contribution in [3.63, 3.8) is 0 Å². The highest BCUT2D eigenvalue weighted by atomic mass is 32.1. The molecule has 0 amide bonds. The lowest BCUT2D eigenvalue weighted by atomic mass is 10.5. The summed E-state index contributed by atoms with van der Waals surface area (Å²) >= 11 is 5.15. The van der Waals surface area contributed by atoms with Gasteiger partial charge in [-0.25, -0.2) is 0 Å². The zero-order chi connectivity index (χ0) is 11.7. The molecule has 2 heterocycles. The minimum absolute atomic E-state index is 0.0516. The molecule has 0 atom stereocenters. The van der Waals surface area contributed by atoms with Gasteiger partial charge in [0.2, 0.25) is 5.95 Å². The molecule has 16 heavy (non-hydrogen) atoms. The average molecular weight is 235 g/mol. The first-order valence-corrected chi connectivity index (χ1v) is 4.82. The van der Waals surface area contributed by atoms with Crippen molar-refractivity contribution in [2.24, 2.45) is 0 Å². The van der Waals surface area contributed by atoms with Crippen LogP contribution in [0.1, 0.15) is 0 Å². The van der Waals surface area contributed by atoms with Crippen molar-refractivity contribution in [3.05, 3.63) is 40.2 Å². The lowest BCUT2D eigenvalue weighted by Crippen LogP contribution is -2.13. The van der Waals surface area contributed by atoms with E-state index in [1.807, 2.05) is 0 Å². The van der Waals surface area contributed by atoms with Gasteiger partial charge in [0.1, 0.15) is 5.82 Å². The zero-order valence-electron chi connectivity index (χ0n) is 8.25.